The van der Waals surface area contributed by atoms with Gasteiger partial charge < -0.3 is 30.0 Å². The maximum atomic E-state index is 14.1. The number of esters is 2. The van der Waals surface area contributed by atoms with Gasteiger partial charge >= 0.3 is 18.1 Å². The second-order valence-electron chi connectivity index (χ2n) is 17.6. The van der Waals surface area contributed by atoms with Crippen molar-refractivity contribution in [3.63, 3.8) is 0 Å². The number of hydrogen-bond donors (Lipinski definition) is 3. The zero-order valence-corrected chi connectivity index (χ0v) is 45.9. The van der Waals surface area contributed by atoms with E-state index in [0.29, 0.717) is 29.5 Å². The SMILES string of the molecule is COc1ccc(-c2cc(NCc3ccc(Cl)s3)n(C(=O)c3ccccc3C(F)(F)F)n2)n(CC(=O)C(=O)OCOC(=O)C(=O)Cn2c(-c3cc(NCc4ccc(Cl)s4)n(C(=O)c4cccc(CO)c4)n3)cc(-c3ccccn3)cc2=O)c1=O. The van der Waals surface area contributed by atoms with Crippen LogP contribution in [0.4, 0.5) is 24.8 Å². The molecule has 9 aromatic rings. The Morgan fingerprint density at radius 1 is 0.651 bits per heavy atom. The van der Waals surface area contributed by atoms with E-state index in [0.717, 1.165) is 50.1 Å². The van der Waals surface area contributed by atoms with Crippen molar-refractivity contribution in [3.8, 4) is 39.8 Å². The molecule has 7 heterocycles. The molecule has 83 heavy (non-hydrogen) atoms. The molecule has 0 aliphatic rings. The number of benzene rings is 2. The topological polar surface area (TPSA) is 267 Å². The quantitative estimate of drug-likeness (QED) is 0.0347. The highest BCUT2D eigenvalue weighted by Crippen LogP contribution is 2.34. The first-order valence-corrected chi connectivity index (χ1v) is 26.7. The molecule has 3 N–H and O–H groups in total. The number of aromatic nitrogens is 7. The number of pyridine rings is 3. The molecular weight excluding hydrogens is 1170 g/mol. The summed E-state index contributed by atoms with van der Waals surface area (Å²) >= 11 is 14.7. The highest BCUT2D eigenvalue weighted by molar-refractivity contribution is 7.16. The molecule has 28 heteroatoms. The molecule has 0 saturated carbocycles. The average Bonchev–Trinajstić information content (AvgIpc) is 3.99. The fraction of sp³-hybridized carbons (Fsp3) is 0.145. The van der Waals surface area contributed by atoms with Gasteiger partial charge in [-0.3, -0.25) is 42.9 Å². The first kappa shape index (κ1) is 58.3. The number of thiophene rings is 2. The third-order valence-corrected chi connectivity index (χ3v) is 14.6. The van der Waals surface area contributed by atoms with Gasteiger partial charge in [-0.15, -0.1) is 22.7 Å². The number of carbonyl (C=O) groups is 6. The summed E-state index contributed by atoms with van der Waals surface area (Å²) in [4.78, 5) is 115. The molecule has 0 fully saturated rings. The van der Waals surface area contributed by atoms with E-state index in [2.05, 4.69) is 25.8 Å². The van der Waals surface area contributed by atoms with Gasteiger partial charge in [-0.1, -0.05) is 53.5 Å². The summed E-state index contributed by atoms with van der Waals surface area (Å²) in [5.41, 5.74) is -3.22. The average molecular weight is 1210 g/mol. The molecule has 424 valence electrons. The number of aliphatic hydroxyl groups is 1. The number of methoxy groups -OCH3 is 1. The van der Waals surface area contributed by atoms with Crippen LogP contribution in [0.3, 0.4) is 0 Å². The van der Waals surface area contributed by atoms with Gasteiger partial charge in [-0.05, 0) is 84.4 Å². The van der Waals surface area contributed by atoms with E-state index in [1.54, 1.807) is 54.6 Å². The molecule has 0 amide bonds. The van der Waals surface area contributed by atoms with Gasteiger partial charge in [0.25, 0.3) is 34.5 Å². The Balaban J connectivity index is 0.942. The lowest BCUT2D eigenvalue weighted by molar-refractivity contribution is -0.173. The molecule has 0 aliphatic heterocycles. The zero-order valence-electron chi connectivity index (χ0n) is 42.7. The van der Waals surface area contributed by atoms with E-state index in [4.69, 9.17) is 37.4 Å². The number of alkyl halides is 3. The monoisotopic (exact) mass is 1210 g/mol. The summed E-state index contributed by atoms with van der Waals surface area (Å²) in [6.45, 7) is -3.58. The molecule has 0 aliphatic carbocycles. The summed E-state index contributed by atoms with van der Waals surface area (Å²) in [6, 6.07) is 29.6. The van der Waals surface area contributed by atoms with Crippen LogP contribution < -0.4 is 26.5 Å². The smallest absolute Gasteiger partial charge is 0.417 e. The molecule has 9 rings (SSSR count). The maximum Gasteiger partial charge on any atom is 0.417 e. The number of ketones is 2. The lowest BCUT2D eigenvalue weighted by Crippen LogP contribution is -2.32. The summed E-state index contributed by atoms with van der Waals surface area (Å²) in [6.07, 6.45) is -3.46. The summed E-state index contributed by atoms with van der Waals surface area (Å²) in [5, 5.41) is 24.7. The molecule has 7 aromatic heterocycles. The Kier molecular flexibility index (Phi) is 17.7. The number of hydrogen-bond acceptors (Lipinski definition) is 19. The Labute approximate surface area is 483 Å². The van der Waals surface area contributed by atoms with Crippen molar-refractivity contribution in [3.05, 3.63) is 195 Å². The molecule has 0 unspecified atom stereocenters. The number of Topliss-reactive ketones (excluding diaryl/α,β-unsaturated/α-hetero) is 2. The van der Waals surface area contributed by atoms with Gasteiger partial charge in [-0.2, -0.15) is 32.7 Å². The number of halogens is 5. The molecule has 21 nitrogen and oxygen atoms in total. The Bertz CT molecular complexity index is 4120. The highest BCUT2D eigenvalue weighted by atomic mass is 35.5. The standard InChI is InChI=1S/C55H40Cl2F3N9O12S2/c1-79-44-15-14-40(38-22-48(63-25-34-13-17-46(57)83-34)69(64-38)51(75)35-9-2-3-10-36(35)55(58,59)60)67(52(44)76)27-43(72)54(78)81-29-80-53(77)42(71)26-66-41(20-32(21-49(66)73)37-11-4-5-18-61-37)39-23-47(62-24-33-12-16-45(56)82-33)68(65-39)50(74)31-8-6-7-30(19-31)28-70/h2-23,62-63,70H,24-29H2,1H3. The van der Waals surface area contributed by atoms with E-state index in [-0.39, 0.29) is 71.0 Å². The lowest BCUT2D eigenvalue weighted by Gasteiger charge is -2.13. The minimum absolute atomic E-state index is 0.0116. The fourth-order valence-electron chi connectivity index (χ4n) is 8.24. The van der Waals surface area contributed by atoms with Crippen LogP contribution in [-0.4, -0.2) is 88.0 Å². The number of rotatable bonds is 21. The molecule has 0 saturated heterocycles. The van der Waals surface area contributed by atoms with Gasteiger partial charge in [0.05, 0.1) is 76.8 Å². The minimum atomic E-state index is -4.94. The number of nitrogens with zero attached hydrogens (tertiary/aromatic N) is 7. The van der Waals surface area contributed by atoms with E-state index in [1.807, 2.05) is 0 Å². The molecule has 0 spiro atoms. The lowest BCUT2D eigenvalue weighted by atomic mass is 10.1. The van der Waals surface area contributed by atoms with Crippen LogP contribution in [0, 0.1) is 0 Å². The first-order chi connectivity index (χ1) is 39.8. The molecule has 2 aromatic carbocycles. The van der Waals surface area contributed by atoms with Crippen molar-refractivity contribution in [2.45, 2.75) is 39.0 Å². The van der Waals surface area contributed by atoms with Crippen LogP contribution in [0.2, 0.25) is 8.67 Å². The maximum absolute atomic E-state index is 14.1. The van der Waals surface area contributed by atoms with Crippen molar-refractivity contribution >= 4 is 92.8 Å². The van der Waals surface area contributed by atoms with Gasteiger partial charge in [0.2, 0.25) is 6.79 Å². The number of ether oxygens (including phenoxy) is 3. The van der Waals surface area contributed by atoms with Crippen LogP contribution in [-0.2, 0) is 67.6 Å². The second-order valence-corrected chi connectivity index (χ2v) is 21.2. The van der Waals surface area contributed by atoms with Gasteiger partial charge in [0, 0.05) is 45.3 Å². The van der Waals surface area contributed by atoms with Gasteiger partial charge in [0.15, 0.2) is 5.75 Å². The van der Waals surface area contributed by atoms with Crippen LogP contribution >= 0.6 is 45.9 Å². The van der Waals surface area contributed by atoms with Gasteiger partial charge in [0.1, 0.15) is 23.0 Å². The number of nitrogens with one attached hydrogen (secondary N) is 2. The van der Waals surface area contributed by atoms with Crippen molar-refractivity contribution < 1.29 is 61.3 Å². The van der Waals surface area contributed by atoms with Crippen molar-refractivity contribution in [1.29, 1.82) is 0 Å². The van der Waals surface area contributed by atoms with Crippen LogP contribution in [0.15, 0.2) is 143 Å². The Morgan fingerprint density at radius 2 is 1.25 bits per heavy atom. The predicted octanol–water partition coefficient (Wildman–Crippen LogP) is 8.23. The Morgan fingerprint density at radius 3 is 1.83 bits per heavy atom. The fourth-order valence-corrected chi connectivity index (χ4v) is 10.3. The molecule has 0 atom stereocenters. The van der Waals surface area contributed by atoms with E-state index >= 15 is 0 Å². The third kappa shape index (κ3) is 13.4. The molecular formula is C55H40Cl2F3N9O12S2. The summed E-state index contributed by atoms with van der Waals surface area (Å²) < 4.78 is 61.6. The van der Waals surface area contributed by atoms with Crippen LogP contribution in [0.1, 0.15) is 41.6 Å². The van der Waals surface area contributed by atoms with Gasteiger partial charge in [-0.25, -0.2) is 9.59 Å². The number of anilines is 2. The van der Waals surface area contributed by atoms with Crippen LogP contribution in [0.5, 0.6) is 5.75 Å². The molecule has 0 radical (unpaired) electrons. The van der Waals surface area contributed by atoms with E-state index in [1.165, 1.54) is 77.4 Å². The normalized spacial score (nSPS) is 11.3. The highest BCUT2D eigenvalue weighted by Gasteiger charge is 2.36. The zero-order chi connectivity index (χ0) is 59.1. The minimum Gasteiger partial charge on any atom is -0.491 e. The van der Waals surface area contributed by atoms with E-state index in [9.17, 15) is 56.6 Å². The number of carbonyl (C=O) groups excluding carboxylic acids is 6. The van der Waals surface area contributed by atoms with Crippen LogP contribution in [0.25, 0.3) is 34.0 Å². The third-order valence-electron chi connectivity index (χ3n) is 12.2. The van der Waals surface area contributed by atoms with Crippen molar-refractivity contribution in [2.75, 3.05) is 24.5 Å². The van der Waals surface area contributed by atoms with Crippen molar-refractivity contribution in [2.24, 2.45) is 0 Å². The largest absolute Gasteiger partial charge is 0.491 e. The molecule has 0 bridgehead atoms. The van der Waals surface area contributed by atoms with E-state index < -0.39 is 83.6 Å². The predicted molar refractivity (Wildman–Crippen MR) is 297 cm³/mol. The first-order valence-electron chi connectivity index (χ1n) is 24.3. The van der Waals surface area contributed by atoms with Crippen molar-refractivity contribution in [1.82, 2.24) is 33.7 Å². The Hall–Kier alpha value is -9.34. The summed E-state index contributed by atoms with van der Waals surface area (Å²) in [5.74, 6) is -8.29. The number of aliphatic hydroxyl groups excluding tert-OH is 1. The second kappa shape index (κ2) is 25.2. The summed E-state index contributed by atoms with van der Waals surface area (Å²) in [7, 11) is 1.14.